The van der Waals surface area contributed by atoms with E-state index in [0.29, 0.717) is 6.42 Å². The lowest BCUT2D eigenvalue weighted by molar-refractivity contribution is 0.505. The second kappa shape index (κ2) is 6.57. The normalized spacial score (nSPS) is 14.6. The van der Waals surface area contributed by atoms with Crippen LogP contribution in [0.3, 0.4) is 0 Å². The van der Waals surface area contributed by atoms with Crippen molar-refractivity contribution in [2.45, 2.75) is 38.5 Å². The quantitative estimate of drug-likeness (QED) is 0.755. The maximum Gasteiger partial charge on any atom is 0.251 e. The van der Waals surface area contributed by atoms with Crippen LogP contribution < -0.4 is 5.56 Å². The van der Waals surface area contributed by atoms with Crippen LogP contribution in [0.4, 0.5) is 0 Å². The maximum atomic E-state index is 12.1. The molecule has 0 aliphatic carbocycles. The van der Waals surface area contributed by atoms with Gasteiger partial charge >= 0.3 is 0 Å². The number of pyridine rings is 1. The number of nitrogens with one attached hydrogen (secondary N) is 1. The van der Waals surface area contributed by atoms with Crippen molar-refractivity contribution in [3.05, 3.63) is 81.6 Å². The molecule has 1 N–H and O–H groups in total. The molecule has 3 nitrogen and oxygen atoms in total. The Kier molecular flexibility index (Phi) is 4.46. The highest BCUT2D eigenvalue weighted by Gasteiger charge is 2.34. The highest BCUT2D eigenvalue weighted by Crippen LogP contribution is 2.39. The summed E-state index contributed by atoms with van der Waals surface area (Å²) in [5, 5.41) is 11.0. The third kappa shape index (κ3) is 2.96. The standard InChI is InChI=1S/C22H22N2O/c1-4-16-12-18-10-11-19(13-20(18)24-21(16)25)22(3,14-23)15(2)17-8-6-5-7-9-17/h5-13,15H,4H2,1-3H3,(H,24,25)/t15-,22+/m0/s1. The molecule has 3 aromatic rings. The predicted octanol–water partition coefficient (Wildman–Crippen LogP) is 4.68. The van der Waals surface area contributed by atoms with Gasteiger partial charge in [-0.25, -0.2) is 0 Å². The van der Waals surface area contributed by atoms with Crippen molar-refractivity contribution in [3.63, 3.8) is 0 Å². The summed E-state index contributed by atoms with van der Waals surface area (Å²) in [6.45, 7) is 6.01. The fourth-order valence-electron chi connectivity index (χ4n) is 3.32. The summed E-state index contributed by atoms with van der Waals surface area (Å²) < 4.78 is 0. The van der Waals surface area contributed by atoms with Gasteiger partial charge in [-0.3, -0.25) is 4.79 Å². The zero-order valence-corrected chi connectivity index (χ0v) is 14.8. The van der Waals surface area contributed by atoms with Gasteiger partial charge in [0.25, 0.3) is 5.56 Å². The maximum absolute atomic E-state index is 12.1. The molecular weight excluding hydrogens is 308 g/mol. The minimum absolute atomic E-state index is 0.0257. The van der Waals surface area contributed by atoms with Crippen molar-refractivity contribution in [2.75, 3.05) is 0 Å². The fourth-order valence-corrected chi connectivity index (χ4v) is 3.32. The minimum Gasteiger partial charge on any atom is -0.322 e. The summed E-state index contributed by atoms with van der Waals surface area (Å²) in [5.41, 5.74) is 2.86. The van der Waals surface area contributed by atoms with Gasteiger partial charge in [-0.2, -0.15) is 5.26 Å². The van der Waals surface area contributed by atoms with E-state index in [0.717, 1.165) is 27.6 Å². The van der Waals surface area contributed by atoms with Crippen LogP contribution >= 0.6 is 0 Å². The Bertz CT molecular complexity index is 998. The second-order valence-electron chi connectivity index (χ2n) is 6.73. The van der Waals surface area contributed by atoms with E-state index >= 15 is 0 Å². The Labute approximate surface area is 147 Å². The Morgan fingerprint density at radius 2 is 1.88 bits per heavy atom. The summed E-state index contributed by atoms with van der Waals surface area (Å²) in [5.74, 6) is 0.0257. The number of aromatic amines is 1. The van der Waals surface area contributed by atoms with Crippen LogP contribution in [-0.4, -0.2) is 4.98 Å². The van der Waals surface area contributed by atoms with Crippen LogP contribution in [0.2, 0.25) is 0 Å². The SMILES string of the molecule is CCc1cc2ccc([C@](C)(C#N)[C@@H](C)c3ccccc3)cc2[nH]c1=O. The number of benzene rings is 2. The van der Waals surface area contributed by atoms with Crippen molar-refractivity contribution in [1.29, 1.82) is 5.26 Å². The molecule has 0 amide bonds. The molecule has 1 aromatic heterocycles. The lowest BCUT2D eigenvalue weighted by Crippen LogP contribution is -2.27. The number of hydrogen-bond acceptors (Lipinski definition) is 2. The van der Waals surface area contributed by atoms with Crippen LogP contribution in [0.1, 0.15) is 43.4 Å². The summed E-state index contributed by atoms with van der Waals surface area (Å²) >= 11 is 0. The summed E-state index contributed by atoms with van der Waals surface area (Å²) in [6.07, 6.45) is 0.702. The van der Waals surface area contributed by atoms with Gasteiger partial charge in [0.05, 0.1) is 11.5 Å². The number of aromatic nitrogens is 1. The molecule has 0 saturated heterocycles. The second-order valence-corrected chi connectivity index (χ2v) is 6.73. The van der Waals surface area contributed by atoms with Crippen molar-refractivity contribution in [3.8, 4) is 6.07 Å². The topological polar surface area (TPSA) is 56.6 Å². The first kappa shape index (κ1) is 17.0. The molecule has 0 saturated carbocycles. The average molecular weight is 330 g/mol. The van der Waals surface area contributed by atoms with Crippen molar-refractivity contribution in [2.24, 2.45) is 0 Å². The molecule has 0 aliphatic heterocycles. The summed E-state index contributed by atoms with van der Waals surface area (Å²) in [6, 6.07) is 20.4. The van der Waals surface area contributed by atoms with Crippen molar-refractivity contribution < 1.29 is 0 Å². The predicted molar refractivity (Wildman–Crippen MR) is 102 cm³/mol. The van der Waals surface area contributed by atoms with Crippen LogP contribution in [0.5, 0.6) is 0 Å². The fraction of sp³-hybridized carbons (Fsp3) is 0.273. The number of rotatable bonds is 4. The summed E-state index contributed by atoms with van der Waals surface area (Å²) in [4.78, 5) is 15.1. The lowest BCUT2D eigenvalue weighted by Gasteiger charge is -2.30. The Morgan fingerprint density at radius 3 is 2.52 bits per heavy atom. The summed E-state index contributed by atoms with van der Waals surface area (Å²) in [7, 11) is 0. The number of fused-ring (bicyclic) bond motifs is 1. The van der Waals surface area contributed by atoms with Gasteiger partial charge in [-0.15, -0.1) is 0 Å². The zero-order valence-electron chi connectivity index (χ0n) is 14.8. The average Bonchev–Trinajstić information content (AvgIpc) is 2.66. The van der Waals surface area contributed by atoms with Crippen LogP contribution in [-0.2, 0) is 11.8 Å². The number of H-pyrrole nitrogens is 1. The number of aryl methyl sites for hydroxylation is 1. The molecule has 2 aromatic carbocycles. The highest BCUT2D eigenvalue weighted by molar-refractivity contribution is 5.80. The molecule has 0 unspecified atom stereocenters. The Morgan fingerprint density at radius 1 is 1.16 bits per heavy atom. The zero-order chi connectivity index (χ0) is 18.0. The molecule has 0 aliphatic rings. The molecule has 25 heavy (non-hydrogen) atoms. The van der Waals surface area contributed by atoms with E-state index < -0.39 is 5.41 Å². The lowest BCUT2D eigenvalue weighted by atomic mass is 9.71. The van der Waals surface area contributed by atoms with Crippen LogP contribution in [0.25, 0.3) is 10.9 Å². The Balaban J connectivity index is 2.12. The van der Waals surface area contributed by atoms with E-state index in [9.17, 15) is 10.1 Å². The smallest absolute Gasteiger partial charge is 0.251 e. The molecule has 2 atom stereocenters. The third-order valence-corrected chi connectivity index (χ3v) is 5.30. The Hall–Kier alpha value is -2.86. The molecule has 0 bridgehead atoms. The number of nitriles is 1. The monoisotopic (exact) mass is 330 g/mol. The van der Waals surface area contributed by atoms with Crippen LogP contribution in [0.15, 0.2) is 59.4 Å². The molecule has 0 fully saturated rings. The van der Waals surface area contributed by atoms with Gasteiger partial charge in [0.15, 0.2) is 0 Å². The van der Waals surface area contributed by atoms with Gasteiger partial charge in [-0.1, -0.05) is 56.3 Å². The minimum atomic E-state index is -0.685. The van der Waals surface area contributed by atoms with Gasteiger partial charge in [0.1, 0.15) is 0 Å². The van der Waals surface area contributed by atoms with Crippen LogP contribution in [0, 0.1) is 11.3 Å². The molecule has 0 radical (unpaired) electrons. The van der Waals surface area contributed by atoms with Gasteiger partial charge in [0.2, 0.25) is 0 Å². The van der Waals surface area contributed by atoms with E-state index in [2.05, 4.69) is 30.1 Å². The first-order chi connectivity index (χ1) is 12.0. The van der Waals surface area contributed by atoms with E-state index in [1.807, 2.05) is 56.3 Å². The molecule has 1 heterocycles. The molecular formula is C22H22N2O. The first-order valence-corrected chi connectivity index (χ1v) is 8.62. The van der Waals surface area contributed by atoms with E-state index in [4.69, 9.17) is 0 Å². The number of nitrogens with zero attached hydrogens (tertiary/aromatic N) is 1. The first-order valence-electron chi connectivity index (χ1n) is 8.62. The molecule has 126 valence electrons. The molecule has 0 spiro atoms. The molecule has 3 rings (SSSR count). The van der Waals surface area contributed by atoms with Gasteiger partial charge in [-0.05, 0) is 42.0 Å². The van der Waals surface area contributed by atoms with E-state index in [-0.39, 0.29) is 11.5 Å². The van der Waals surface area contributed by atoms with E-state index in [1.165, 1.54) is 0 Å². The number of hydrogen-bond donors (Lipinski definition) is 1. The van der Waals surface area contributed by atoms with Gasteiger partial charge < -0.3 is 4.98 Å². The largest absolute Gasteiger partial charge is 0.322 e. The molecule has 3 heteroatoms. The highest BCUT2D eigenvalue weighted by atomic mass is 16.1. The van der Waals surface area contributed by atoms with Gasteiger partial charge in [0, 0.05) is 17.0 Å². The van der Waals surface area contributed by atoms with E-state index in [1.54, 1.807) is 0 Å². The third-order valence-electron chi connectivity index (χ3n) is 5.30. The van der Waals surface area contributed by atoms with Crippen molar-refractivity contribution in [1.82, 2.24) is 4.98 Å². The van der Waals surface area contributed by atoms with Crippen molar-refractivity contribution >= 4 is 10.9 Å².